The Labute approximate surface area is 137 Å². The van der Waals surface area contributed by atoms with Crippen molar-refractivity contribution < 1.29 is 27.3 Å². The van der Waals surface area contributed by atoms with Crippen LogP contribution in [0.5, 0.6) is 0 Å². The number of rotatable bonds is 3. The maximum atomic E-state index is 12.1. The first-order chi connectivity index (χ1) is 10.8. The second kappa shape index (κ2) is 5.66. The van der Waals surface area contributed by atoms with Gasteiger partial charge < -0.3 is 4.74 Å². The number of β-lactam (4-membered cyclic amide) rings is 1. The Kier molecular flexibility index (Phi) is 3.95. The SMILES string of the molecule is O=C(OCc1ccccc1)N1C[C@@H](Cl)[C@@H]2[C@H]1C(=O)N2S(=O)(=O)O. The number of halogens is 1. The third-order valence-electron chi connectivity index (χ3n) is 3.83. The molecule has 2 aliphatic heterocycles. The van der Waals surface area contributed by atoms with Gasteiger partial charge in [0, 0.05) is 6.54 Å². The Morgan fingerprint density at radius 3 is 2.61 bits per heavy atom. The Morgan fingerprint density at radius 1 is 1.35 bits per heavy atom. The van der Waals surface area contributed by atoms with Crippen LogP contribution < -0.4 is 0 Å². The van der Waals surface area contributed by atoms with Gasteiger partial charge >= 0.3 is 16.4 Å². The maximum absolute atomic E-state index is 12.1. The fourth-order valence-electron chi connectivity index (χ4n) is 2.80. The molecule has 1 N–H and O–H groups in total. The number of ether oxygens (including phenoxy) is 1. The molecule has 2 saturated heterocycles. The highest BCUT2D eigenvalue weighted by Gasteiger charge is 2.64. The summed E-state index contributed by atoms with van der Waals surface area (Å²) in [6.07, 6.45) is -0.754. The van der Waals surface area contributed by atoms with Crippen molar-refractivity contribution in [1.29, 1.82) is 0 Å². The Balaban J connectivity index is 1.68. The zero-order chi connectivity index (χ0) is 16.8. The van der Waals surface area contributed by atoms with Crippen molar-refractivity contribution in [2.24, 2.45) is 0 Å². The normalized spacial score (nSPS) is 26.7. The average molecular weight is 361 g/mol. The highest BCUT2D eigenvalue weighted by Crippen LogP contribution is 2.38. The lowest BCUT2D eigenvalue weighted by Gasteiger charge is -2.42. The number of fused-ring (bicyclic) bond motifs is 1. The van der Waals surface area contributed by atoms with Gasteiger partial charge in [0.1, 0.15) is 12.6 Å². The molecule has 2 heterocycles. The van der Waals surface area contributed by atoms with Gasteiger partial charge in [-0.2, -0.15) is 8.42 Å². The molecule has 0 radical (unpaired) electrons. The van der Waals surface area contributed by atoms with E-state index in [0.29, 0.717) is 4.31 Å². The van der Waals surface area contributed by atoms with E-state index in [-0.39, 0.29) is 13.2 Å². The average Bonchev–Trinajstić information content (AvgIpc) is 2.77. The molecular weight excluding hydrogens is 348 g/mol. The molecule has 8 nitrogen and oxygen atoms in total. The summed E-state index contributed by atoms with van der Waals surface area (Å²) in [6.45, 7) is -0.0149. The molecule has 1 aromatic carbocycles. The molecule has 124 valence electrons. The number of likely N-dealkylation sites (tertiary alicyclic amines) is 1. The van der Waals surface area contributed by atoms with Gasteiger partial charge in [0.2, 0.25) is 0 Å². The Hall–Kier alpha value is -1.84. The monoisotopic (exact) mass is 360 g/mol. The zero-order valence-corrected chi connectivity index (χ0v) is 13.3. The number of carbonyl (C=O) groups is 2. The molecule has 23 heavy (non-hydrogen) atoms. The summed E-state index contributed by atoms with van der Waals surface area (Å²) in [5.41, 5.74) is 0.776. The second-order valence-corrected chi connectivity index (χ2v) is 7.11. The quantitative estimate of drug-likeness (QED) is 0.481. The van der Waals surface area contributed by atoms with Gasteiger partial charge in [-0.3, -0.25) is 14.2 Å². The highest BCUT2D eigenvalue weighted by atomic mass is 35.5. The Bertz CT molecular complexity index is 740. The van der Waals surface area contributed by atoms with Gasteiger partial charge in [0.15, 0.2) is 0 Å². The van der Waals surface area contributed by atoms with Gasteiger partial charge in [-0.1, -0.05) is 30.3 Å². The molecule has 0 aromatic heterocycles. The van der Waals surface area contributed by atoms with E-state index in [4.69, 9.17) is 20.9 Å². The largest absolute Gasteiger partial charge is 0.445 e. The standard InChI is InChI=1S/C13H13ClN2O6S/c14-9-6-15(11-10(9)16(12(11)17)23(19,20)21)13(18)22-7-8-4-2-1-3-5-8/h1-5,9-11H,6-7H2,(H,19,20,21)/t9-,10-,11+/m1/s1. The van der Waals surface area contributed by atoms with Crippen LogP contribution in [0.3, 0.4) is 0 Å². The van der Waals surface area contributed by atoms with Crippen LogP contribution in [0.4, 0.5) is 4.79 Å². The van der Waals surface area contributed by atoms with Crippen LogP contribution in [0.15, 0.2) is 30.3 Å². The summed E-state index contributed by atoms with van der Waals surface area (Å²) in [4.78, 5) is 25.1. The first-order valence-corrected chi connectivity index (χ1v) is 8.56. The molecule has 3 atom stereocenters. The summed E-state index contributed by atoms with van der Waals surface area (Å²) in [6, 6.07) is 6.97. The van der Waals surface area contributed by atoms with Crippen molar-refractivity contribution in [3.05, 3.63) is 35.9 Å². The van der Waals surface area contributed by atoms with Crippen LogP contribution in [0.1, 0.15) is 5.56 Å². The number of alkyl halides is 1. The molecule has 0 bridgehead atoms. The fourth-order valence-corrected chi connectivity index (χ4v) is 4.17. The first-order valence-electron chi connectivity index (χ1n) is 6.73. The summed E-state index contributed by atoms with van der Waals surface area (Å²) in [7, 11) is -4.69. The summed E-state index contributed by atoms with van der Waals surface area (Å²) >= 11 is 6.01. The topological polar surface area (TPSA) is 104 Å². The number of carbonyl (C=O) groups excluding carboxylic acids is 2. The van der Waals surface area contributed by atoms with Gasteiger partial charge in [-0.15, -0.1) is 11.6 Å². The molecule has 2 amide bonds. The molecular formula is C13H13ClN2O6S. The zero-order valence-electron chi connectivity index (χ0n) is 11.7. The van der Waals surface area contributed by atoms with E-state index in [1.807, 2.05) is 6.07 Å². The van der Waals surface area contributed by atoms with Crippen LogP contribution in [-0.2, 0) is 26.4 Å². The van der Waals surface area contributed by atoms with Crippen LogP contribution >= 0.6 is 11.6 Å². The van der Waals surface area contributed by atoms with Crippen LogP contribution in [0.25, 0.3) is 0 Å². The molecule has 0 saturated carbocycles. The third kappa shape index (κ3) is 2.75. The molecule has 0 aliphatic carbocycles. The summed E-state index contributed by atoms with van der Waals surface area (Å²) in [5.74, 6) is -0.891. The van der Waals surface area contributed by atoms with E-state index in [2.05, 4.69) is 0 Å². The summed E-state index contributed by atoms with van der Waals surface area (Å²) < 4.78 is 36.8. The minimum atomic E-state index is -4.69. The lowest BCUT2D eigenvalue weighted by molar-refractivity contribution is -0.144. The lowest BCUT2D eigenvalue weighted by atomic mass is 10.00. The molecule has 3 rings (SSSR count). The third-order valence-corrected chi connectivity index (χ3v) is 5.15. The van der Waals surface area contributed by atoms with E-state index < -0.39 is 39.8 Å². The molecule has 2 aliphatic rings. The molecule has 0 unspecified atom stereocenters. The first kappa shape index (κ1) is 16.0. The van der Waals surface area contributed by atoms with Crippen molar-refractivity contribution in [3.8, 4) is 0 Å². The van der Waals surface area contributed by atoms with Crippen molar-refractivity contribution in [1.82, 2.24) is 9.21 Å². The van der Waals surface area contributed by atoms with Crippen molar-refractivity contribution in [2.75, 3.05) is 6.54 Å². The Morgan fingerprint density at radius 2 is 2.00 bits per heavy atom. The summed E-state index contributed by atoms with van der Waals surface area (Å²) in [5, 5.41) is -0.802. The van der Waals surface area contributed by atoms with Crippen LogP contribution in [-0.4, -0.2) is 58.2 Å². The van der Waals surface area contributed by atoms with E-state index in [1.165, 1.54) is 0 Å². The van der Waals surface area contributed by atoms with Crippen molar-refractivity contribution in [2.45, 2.75) is 24.1 Å². The van der Waals surface area contributed by atoms with Crippen molar-refractivity contribution in [3.63, 3.8) is 0 Å². The number of amides is 2. The molecule has 1 aromatic rings. The fraction of sp³-hybridized carbons (Fsp3) is 0.385. The maximum Gasteiger partial charge on any atom is 0.410 e. The minimum absolute atomic E-state index is 0.0245. The molecule has 2 fully saturated rings. The van der Waals surface area contributed by atoms with E-state index in [0.717, 1.165) is 10.5 Å². The predicted octanol–water partition coefficient (Wildman–Crippen LogP) is 0.628. The van der Waals surface area contributed by atoms with Gasteiger partial charge in [-0.25, -0.2) is 9.10 Å². The predicted molar refractivity (Wildman–Crippen MR) is 78.9 cm³/mol. The number of hydrogen-bond acceptors (Lipinski definition) is 5. The van der Waals surface area contributed by atoms with Crippen LogP contribution in [0, 0.1) is 0 Å². The second-order valence-electron chi connectivity index (χ2n) is 5.26. The minimum Gasteiger partial charge on any atom is -0.445 e. The van der Waals surface area contributed by atoms with E-state index in [9.17, 15) is 18.0 Å². The number of nitrogens with zero attached hydrogens (tertiary/aromatic N) is 2. The van der Waals surface area contributed by atoms with Crippen molar-refractivity contribution >= 4 is 33.9 Å². The van der Waals surface area contributed by atoms with Crippen LogP contribution in [0.2, 0.25) is 0 Å². The van der Waals surface area contributed by atoms with Gasteiger partial charge in [-0.05, 0) is 5.56 Å². The smallest absolute Gasteiger partial charge is 0.410 e. The number of benzene rings is 1. The molecule has 10 heteroatoms. The van der Waals surface area contributed by atoms with E-state index >= 15 is 0 Å². The lowest BCUT2D eigenvalue weighted by Crippen LogP contribution is -2.69. The number of hydrogen-bond donors (Lipinski definition) is 1. The highest BCUT2D eigenvalue weighted by molar-refractivity contribution is 7.84. The van der Waals surface area contributed by atoms with Gasteiger partial charge in [0.05, 0.1) is 11.4 Å². The molecule has 0 spiro atoms. The van der Waals surface area contributed by atoms with E-state index in [1.54, 1.807) is 24.3 Å². The van der Waals surface area contributed by atoms with Gasteiger partial charge in [0.25, 0.3) is 5.91 Å².